The fourth-order valence-electron chi connectivity index (χ4n) is 2.48. The van der Waals surface area contributed by atoms with Gasteiger partial charge in [0.2, 0.25) is 5.91 Å². The molecule has 1 saturated heterocycles. The fourth-order valence-corrected chi connectivity index (χ4v) is 2.48. The van der Waals surface area contributed by atoms with Crippen molar-refractivity contribution in [3.8, 4) is 0 Å². The molecule has 1 aliphatic heterocycles. The van der Waals surface area contributed by atoms with Crippen LogP contribution in [0.5, 0.6) is 0 Å². The molecule has 0 bridgehead atoms. The van der Waals surface area contributed by atoms with Gasteiger partial charge in [0.15, 0.2) is 0 Å². The molecule has 0 atom stereocenters. The molecule has 120 valence electrons. The molecule has 0 radical (unpaired) electrons. The van der Waals surface area contributed by atoms with Gasteiger partial charge < -0.3 is 15.4 Å². The lowest BCUT2D eigenvalue weighted by molar-refractivity contribution is -0.130. The van der Waals surface area contributed by atoms with Gasteiger partial charge in [-0.2, -0.15) is 0 Å². The molecule has 0 saturated carbocycles. The quantitative estimate of drug-likeness (QED) is 0.885. The summed E-state index contributed by atoms with van der Waals surface area (Å²) in [6.07, 6.45) is 1.58. The zero-order valence-corrected chi connectivity index (χ0v) is 14.0. The Hall–Kier alpha value is -0.880. The number of anilines is 1. The van der Waals surface area contributed by atoms with E-state index in [2.05, 4.69) is 15.6 Å². The Balaban J connectivity index is 0.00000200. The highest BCUT2D eigenvalue weighted by Gasteiger charge is 2.39. The van der Waals surface area contributed by atoms with Gasteiger partial charge in [0.1, 0.15) is 5.82 Å². The number of rotatable bonds is 4. The van der Waals surface area contributed by atoms with Crippen molar-refractivity contribution in [3.05, 3.63) is 23.9 Å². The van der Waals surface area contributed by atoms with Crippen LogP contribution in [-0.4, -0.2) is 37.7 Å². The van der Waals surface area contributed by atoms with Crippen LogP contribution in [0.25, 0.3) is 0 Å². The number of carbonyl (C=O) groups excluding carboxylic acids is 1. The second-order valence-electron chi connectivity index (χ2n) is 5.08. The molecule has 0 spiro atoms. The average molecular weight is 336 g/mol. The summed E-state index contributed by atoms with van der Waals surface area (Å²) in [6, 6.07) is 5.61. The topological polar surface area (TPSA) is 63.2 Å². The van der Waals surface area contributed by atoms with Crippen molar-refractivity contribution >= 4 is 36.5 Å². The van der Waals surface area contributed by atoms with Crippen LogP contribution < -0.4 is 10.6 Å². The summed E-state index contributed by atoms with van der Waals surface area (Å²) < 4.78 is 5.26. The number of ether oxygens (including phenoxy) is 1. The van der Waals surface area contributed by atoms with Gasteiger partial charge in [-0.25, -0.2) is 4.98 Å². The number of piperidine rings is 1. The van der Waals surface area contributed by atoms with Gasteiger partial charge in [0.05, 0.1) is 12.0 Å². The lowest BCUT2D eigenvalue weighted by Crippen LogP contribution is -2.47. The molecule has 21 heavy (non-hydrogen) atoms. The van der Waals surface area contributed by atoms with Gasteiger partial charge in [-0.3, -0.25) is 4.79 Å². The average Bonchev–Trinajstić information content (AvgIpc) is 2.40. The minimum Gasteiger partial charge on any atom is -0.384 e. The third kappa shape index (κ3) is 5.11. The number of methoxy groups -OCH3 is 1. The summed E-state index contributed by atoms with van der Waals surface area (Å²) >= 11 is 0. The summed E-state index contributed by atoms with van der Waals surface area (Å²) in [5.41, 5.74) is 0.453. The first kappa shape index (κ1) is 20.1. The molecule has 1 aromatic rings. The zero-order chi connectivity index (χ0) is 13.7. The van der Waals surface area contributed by atoms with Crippen molar-refractivity contribution in [2.75, 3.05) is 32.1 Å². The number of amides is 1. The third-order valence-electron chi connectivity index (χ3n) is 3.59. The van der Waals surface area contributed by atoms with Gasteiger partial charge in [-0.15, -0.1) is 24.8 Å². The number of nitrogens with one attached hydrogen (secondary N) is 2. The van der Waals surface area contributed by atoms with Crippen LogP contribution in [0.15, 0.2) is 18.2 Å². The van der Waals surface area contributed by atoms with Crippen LogP contribution >= 0.6 is 24.8 Å². The van der Waals surface area contributed by atoms with Crippen LogP contribution in [0.3, 0.4) is 0 Å². The van der Waals surface area contributed by atoms with Crippen molar-refractivity contribution in [1.82, 2.24) is 10.3 Å². The first-order chi connectivity index (χ1) is 9.16. The molecule has 1 aromatic heterocycles. The first-order valence-electron chi connectivity index (χ1n) is 6.61. The van der Waals surface area contributed by atoms with Gasteiger partial charge in [0.25, 0.3) is 0 Å². The van der Waals surface area contributed by atoms with E-state index < -0.39 is 5.41 Å². The molecular weight excluding hydrogens is 313 g/mol. The van der Waals surface area contributed by atoms with Crippen LogP contribution in [0.2, 0.25) is 0 Å². The summed E-state index contributed by atoms with van der Waals surface area (Å²) in [7, 11) is 1.64. The van der Waals surface area contributed by atoms with Crippen molar-refractivity contribution in [2.45, 2.75) is 19.8 Å². The number of halogens is 2. The number of nitrogens with zero attached hydrogens (tertiary/aromatic N) is 1. The van der Waals surface area contributed by atoms with Crippen molar-refractivity contribution in [3.63, 3.8) is 0 Å². The Morgan fingerprint density at radius 3 is 2.62 bits per heavy atom. The van der Waals surface area contributed by atoms with Gasteiger partial charge in [0, 0.05) is 12.8 Å². The molecule has 2 N–H and O–H groups in total. The Morgan fingerprint density at radius 1 is 1.38 bits per heavy atom. The minimum atomic E-state index is -0.439. The summed E-state index contributed by atoms with van der Waals surface area (Å²) in [5, 5.41) is 6.19. The van der Waals surface area contributed by atoms with E-state index >= 15 is 0 Å². The molecule has 1 amide bonds. The molecule has 7 heteroatoms. The predicted octanol–water partition coefficient (Wildman–Crippen LogP) is 2.19. The van der Waals surface area contributed by atoms with Crippen LogP contribution in [-0.2, 0) is 9.53 Å². The molecule has 5 nitrogen and oxygen atoms in total. The minimum absolute atomic E-state index is 0. The highest BCUT2D eigenvalue weighted by molar-refractivity contribution is 5.94. The summed E-state index contributed by atoms with van der Waals surface area (Å²) in [5.74, 6) is 0.618. The largest absolute Gasteiger partial charge is 0.384 e. The smallest absolute Gasteiger partial charge is 0.234 e. The Morgan fingerprint density at radius 2 is 2.05 bits per heavy atom. The Kier molecular flexibility index (Phi) is 8.82. The van der Waals surface area contributed by atoms with E-state index in [1.165, 1.54) is 0 Å². The van der Waals surface area contributed by atoms with E-state index in [4.69, 9.17) is 4.74 Å². The zero-order valence-electron chi connectivity index (χ0n) is 12.3. The van der Waals surface area contributed by atoms with Crippen LogP contribution in [0.1, 0.15) is 18.5 Å². The maximum Gasteiger partial charge on any atom is 0.234 e. The monoisotopic (exact) mass is 335 g/mol. The lowest BCUT2D eigenvalue weighted by Gasteiger charge is -2.35. The normalized spacial score (nSPS) is 16.3. The Bertz CT molecular complexity index is 446. The van der Waals surface area contributed by atoms with Gasteiger partial charge >= 0.3 is 0 Å². The van der Waals surface area contributed by atoms with E-state index in [0.29, 0.717) is 12.4 Å². The molecule has 0 aromatic carbocycles. The molecule has 2 heterocycles. The highest BCUT2D eigenvalue weighted by Crippen LogP contribution is 2.30. The van der Waals surface area contributed by atoms with Gasteiger partial charge in [-0.1, -0.05) is 6.07 Å². The number of hydrogen-bond acceptors (Lipinski definition) is 4. The highest BCUT2D eigenvalue weighted by atomic mass is 35.5. The molecule has 0 unspecified atom stereocenters. The summed E-state index contributed by atoms with van der Waals surface area (Å²) in [6.45, 7) is 4.05. The van der Waals surface area contributed by atoms with E-state index in [9.17, 15) is 4.79 Å². The molecule has 1 fully saturated rings. The second kappa shape index (κ2) is 9.20. The first-order valence-corrected chi connectivity index (χ1v) is 6.61. The van der Waals surface area contributed by atoms with E-state index in [0.717, 1.165) is 31.6 Å². The van der Waals surface area contributed by atoms with E-state index in [1.807, 2.05) is 25.1 Å². The molecule has 1 aliphatic rings. The second-order valence-corrected chi connectivity index (χ2v) is 5.08. The SMILES string of the molecule is COCC1(C(=O)Nc2cccc(C)n2)CCNCC1.Cl.Cl. The van der Waals surface area contributed by atoms with Crippen LogP contribution in [0, 0.1) is 12.3 Å². The lowest BCUT2D eigenvalue weighted by atomic mass is 9.78. The van der Waals surface area contributed by atoms with Crippen molar-refractivity contribution in [2.24, 2.45) is 5.41 Å². The van der Waals surface area contributed by atoms with Crippen LogP contribution in [0.4, 0.5) is 5.82 Å². The third-order valence-corrected chi connectivity index (χ3v) is 3.59. The number of pyridine rings is 1. The number of hydrogen-bond donors (Lipinski definition) is 2. The summed E-state index contributed by atoms with van der Waals surface area (Å²) in [4.78, 5) is 16.8. The number of aromatic nitrogens is 1. The molecule has 0 aliphatic carbocycles. The maximum absolute atomic E-state index is 12.5. The molecule has 2 rings (SSSR count). The number of carbonyl (C=O) groups is 1. The van der Waals surface area contributed by atoms with E-state index in [1.54, 1.807) is 7.11 Å². The fraction of sp³-hybridized carbons (Fsp3) is 0.571. The van der Waals surface area contributed by atoms with Gasteiger partial charge in [-0.05, 0) is 45.0 Å². The van der Waals surface area contributed by atoms with E-state index in [-0.39, 0.29) is 30.7 Å². The Labute approximate surface area is 138 Å². The molecular formula is C14H23Cl2N3O2. The van der Waals surface area contributed by atoms with Crippen molar-refractivity contribution in [1.29, 1.82) is 0 Å². The predicted molar refractivity (Wildman–Crippen MR) is 88.5 cm³/mol. The standard InChI is InChI=1S/C14H21N3O2.2ClH/c1-11-4-3-5-12(16-11)17-13(18)14(10-19-2)6-8-15-9-7-14;;/h3-5,15H,6-10H2,1-2H3,(H,16,17,18);2*1H. The maximum atomic E-state index is 12.5. The van der Waals surface area contributed by atoms with Crippen molar-refractivity contribution < 1.29 is 9.53 Å². The number of aryl methyl sites for hydroxylation is 1.